The number of hydrogen-bond acceptors (Lipinski definition) is 4. The minimum atomic E-state index is -1.35. The number of halogens is 1. The molecule has 0 aromatic heterocycles. The third-order valence-electron chi connectivity index (χ3n) is 1.92. The van der Waals surface area contributed by atoms with Crippen LogP contribution in [0.2, 0.25) is 0 Å². The predicted molar refractivity (Wildman–Crippen MR) is 59.2 cm³/mol. The van der Waals surface area contributed by atoms with Crippen molar-refractivity contribution in [3.05, 3.63) is 33.4 Å². The molecule has 0 radical (unpaired) electrons. The zero-order chi connectivity index (χ0) is 12.3. The van der Waals surface area contributed by atoms with E-state index in [1.54, 1.807) is 0 Å². The monoisotopic (exact) mass is 289 g/mol. The van der Waals surface area contributed by atoms with Gasteiger partial charge >= 0.3 is 11.7 Å². The molecule has 0 aliphatic rings. The fourth-order valence-electron chi connectivity index (χ4n) is 1.25. The standard InChI is InChI=1S/C9H8BrNO5/c1-16-7-3-5(4-10)2-6(9(12)13)8(7)11(14)15/h2-3H,4H2,1H3,(H,12,13). The van der Waals surface area contributed by atoms with Crippen LogP contribution in [0.5, 0.6) is 5.75 Å². The second-order valence-corrected chi connectivity index (χ2v) is 3.45. The lowest BCUT2D eigenvalue weighted by Gasteiger charge is -2.06. The summed E-state index contributed by atoms with van der Waals surface area (Å²) < 4.78 is 4.81. The van der Waals surface area contributed by atoms with E-state index in [-0.39, 0.29) is 11.3 Å². The van der Waals surface area contributed by atoms with Gasteiger partial charge in [0.05, 0.1) is 12.0 Å². The molecule has 7 heteroatoms. The van der Waals surface area contributed by atoms with Crippen molar-refractivity contribution in [2.45, 2.75) is 5.33 Å². The molecule has 1 rings (SSSR count). The number of carboxylic acids is 1. The highest BCUT2D eigenvalue weighted by atomic mass is 79.9. The molecular formula is C9H8BrNO5. The maximum atomic E-state index is 10.9. The Kier molecular flexibility index (Phi) is 3.83. The quantitative estimate of drug-likeness (QED) is 0.521. The predicted octanol–water partition coefficient (Wildman–Crippen LogP) is 2.20. The van der Waals surface area contributed by atoms with Crippen LogP contribution in [-0.4, -0.2) is 23.1 Å². The molecule has 0 heterocycles. The Morgan fingerprint density at radius 3 is 2.62 bits per heavy atom. The third-order valence-corrected chi connectivity index (χ3v) is 2.57. The summed E-state index contributed by atoms with van der Waals surface area (Å²) in [6, 6.07) is 2.68. The summed E-state index contributed by atoms with van der Waals surface area (Å²) >= 11 is 3.15. The van der Waals surface area contributed by atoms with Crippen LogP contribution in [0.3, 0.4) is 0 Å². The Morgan fingerprint density at radius 2 is 2.25 bits per heavy atom. The summed E-state index contributed by atoms with van der Waals surface area (Å²) in [4.78, 5) is 20.9. The molecule has 1 aromatic rings. The number of benzene rings is 1. The maximum absolute atomic E-state index is 10.9. The van der Waals surface area contributed by atoms with Crippen molar-refractivity contribution in [2.75, 3.05) is 7.11 Å². The van der Waals surface area contributed by atoms with E-state index in [0.717, 1.165) is 0 Å². The minimum absolute atomic E-state index is 0.0562. The Morgan fingerprint density at radius 1 is 1.62 bits per heavy atom. The fourth-order valence-corrected chi connectivity index (χ4v) is 1.57. The van der Waals surface area contributed by atoms with Crippen LogP contribution in [0, 0.1) is 10.1 Å². The SMILES string of the molecule is COc1cc(CBr)cc(C(=O)O)c1[N+](=O)[O-]. The normalized spacial score (nSPS) is 9.88. The zero-order valence-corrected chi connectivity index (χ0v) is 9.85. The van der Waals surface area contributed by atoms with E-state index in [1.807, 2.05) is 0 Å². The fraction of sp³-hybridized carbons (Fsp3) is 0.222. The van der Waals surface area contributed by atoms with Gasteiger partial charge in [0.25, 0.3) is 0 Å². The van der Waals surface area contributed by atoms with Gasteiger partial charge in [-0.05, 0) is 17.7 Å². The van der Waals surface area contributed by atoms with Crippen LogP contribution in [0.4, 0.5) is 5.69 Å². The van der Waals surface area contributed by atoms with Crippen LogP contribution >= 0.6 is 15.9 Å². The highest BCUT2D eigenvalue weighted by molar-refractivity contribution is 9.08. The lowest BCUT2D eigenvalue weighted by Crippen LogP contribution is -2.05. The van der Waals surface area contributed by atoms with Crippen molar-refractivity contribution in [3.8, 4) is 5.75 Å². The van der Waals surface area contributed by atoms with Crippen molar-refractivity contribution in [1.29, 1.82) is 0 Å². The van der Waals surface area contributed by atoms with Crippen LogP contribution in [0.1, 0.15) is 15.9 Å². The van der Waals surface area contributed by atoms with E-state index in [1.165, 1.54) is 19.2 Å². The Bertz CT molecular complexity index is 446. The van der Waals surface area contributed by atoms with Gasteiger partial charge in [0.1, 0.15) is 5.56 Å². The first-order valence-electron chi connectivity index (χ1n) is 4.15. The van der Waals surface area contributed by atoms with Gasteiger partial charge < -0.3 is 9.84 Å². The molecule has 1 N–H and O–H groups in total. The molecule has 0 fully saturated rings. The molecule has 0 aliphatic heterocycles. The van der Waals surface area contributed by atoms with E-state index in [9.17, 15) is 14.9 Å². The second kappa shape index (κ2) is 4.93. The zero-order valence-electron chi connectivity index (χ0n) is 8.27. The van der Waals surface area contributed by atoms with Crippen molar-refractivity contribution >= 4 is 27.6 Å². The first-order chi connectivity index (χ1) is 7.51. The van der Waals surface area contributed by atoms with Gasteiger partial charge in [0, 0.05) is 5.33 Å². The minimum Gasteiger partial charge on any atom is -0.490 e. The van der Waals surface area contributed by atoms with E-state index >= 15 is 0 Å². The van der Waals surface area contributed by atoms with Crippen LogP contribution in [0.25, 0.3) is 0 Å². The maximum Gasteiger partial charge on any atom is 0.342 e. The van der Waals surface area contributed by atoms with Gasteiger partial charge in [0.2, 0.25) is 0 Å². The number of nitro benzene ring substituents is 1. The van der Waals surface area contributed by atoms with Gasteiger partial charge in [0.15, 0.2) is 5.75 Å². The molecule has 0 atom stereocenters. The Balaban J connectivity index is 3.53. The molecule has 0 saturated heterocycles. The topological polar surface area (TPSA) is 89.7 Å². The molecular weight excluding hydrogens is 282 g/mol. The number of nitro groups is 1. The van der Waals surface area contributed by atoms with E-state index in [2.05, 4.69) is 15.9 Å². The number of nitrogens with zero attached hydrogens (tertiary/aromatic N) is 1. The highest BCUT2D eigenvalue weighted by Crippen LogP contribution is 2.33. The number of ether oxygens (including phenoxy) is 1. The number of hydrogen-bond donors (Lipinski definition) is 1. The first kappa shape index (κ1) is 12.4. The molecule has 0 amide bonds. The number of carboxylic acid groups (broad SMARTS) is 1. The van der Waals surface area contributed by atoms with E-state index in [4.69, 9.17) is 9.84 Å². The van der Waals surface area contributed by atoms with E-state index < -0.39 is 16.6 Å². The molecule has 0 bridgehead atoms. The molecule has 1 aromatic carbocycles. The van der Waals surface area contributed by atoms with Crippen molar-refractivity contribution < 1.29 is 19.6 Å². The molecule has 0 saturated carbocycles. The number of alkyl halides is 1. The second-order valence-electron chi connectivity index (χ2n) is 2.89. The van der Waals surface area contributed by atoms with Gasteiger partial charge in [-0.1, -0.05) is 15.9 Å². The number of methoxy groups -OCH3 is 1. The van der Waals surface area contributed by atoms with Gasteiger partial charge in [-0.15, -0.1) is 0 Å². The summed E-state index contributed by atoms with van der Waals surface area (Å²) in [5, 5.41) is 20.0. The largest absolute Gasteiger partial charge is 0.490 e. The van der Waals surface area contributed by atoms with Crippen molar-refractivity contribution in [3.63, 3.8) is 0 Å². The Hall–Kier alpha value is -1.63. The summed E-state index contributed by atoms with van der Waals surface area (Å²) in [6.07, 6.45) is 0. The lowest BCUT2D eigenvalue weighted by molar-refractivity contribution is -0.386. The number of rotatable bonds is 4. The van der Waals surface area contributed by atoms with Crippen LogP contribution in [-0.2, 0) is 5.33 Å². The first-order valence-corrected chi connectivity index (χ1v) is 5.28. The summed E-state index contributed by atoms with van der Waals surface area (Å²) in [5.74, 6) is -1.41. The molecule has 0 unspecified atom stereocenters. The number of carbonyl (C=O) groups is 1. The highest BCUT2D eigenvalue weighted by Gasteiger charge is 2.26. The molecule has 16 heavy (non-hydrogen) atoms. The van der Waals surface area contributed by atoms with Crippen molar-refractivity contribution in [1.82, 2.24) is 0 Å². The molecule has 0 aliphatic carbocycles. The molecule has 0 spiro atoms. The summed E-state index contributed by atoms with van der Waals surface area (Å²) in [5.41, 5.74) is -0.307. The van der Waals surface area contributed by atoms with E-state index in [0.29, 0.717) is 10.9 Å². The lowest BCUT2D eigenvalue weighted by atomic mass is 10.1. The third kappa shape index (κ3) is 2.30. The van der Waals surface area contributed by atoms with Gasteiger partial charge in [-0.2, -0.15) is 0 Å². The van der Waals surface area contributed by atoms with Crippen LogP contribution < -0.4 is 4.74 Å². The summed E-state index contributed by atoms with van der Waals surface area (Å²) in [7, 11) is 1.26. The van der Waals surface area contributed by atoms with Crippen LogP contribution in [0.15, 0.2) is 12.1 Å². The smallest absolute Gasteiger partial charge is 0.342 e. The molecule has 86 valence electrons. The molecule has 6 nitrogen and oxygen atoms in total. The average Bonchev–Trinajstić information content (AvgIpc) is 2.26. The number of aromatic carboxylic acids is 1. The average molecular weight is 290 g/mol. The van der Waals surface area contributed by atoms with Crippen molar-refractivity contribution in [2.24, 2.45) is 0 Å². The summed E-state index contributed by atoms with van der Waals surface area (Å²) in [6.45, 7) is 0. The Labute approximate surface area is 99.1 Å². The van der Waals surface area contributed by atoms with Gasteiger partial charge in [-0.3, -0.25) is 10.1 Å². The van der Waals surface area contributed by atoms with Gasteiger partial charge in [-0.25, -0.2) is 4.79 Å².